The lowest BCUT2D eigenvalue weighted by molar-refractivity contribution is -0.114. The summed E-state index contributed by atoms with van der Waals surface area (Å²) in [4.78, 5) is 11.3. The number of thiocarbonyl (C=S) groups is 1. The van der Waals surface area contributed by atoms with Crippen molar-refractivity contribution in [1.29, 1.82) is 0 Å². The molecule has 0 aromatic heterocycles. The van der Waals surface area contributed by atoms with Gasteiger partial charge in [-0.2, -0.15) is 5.10 Å². The number of nitrogens with two attached hydrogens (primary N) is 1. The average molecular weight is 266 g/mol. The van der Waals surface area contributed by atoms with E-state index in [1.54, 1.807) is 31.4 Å². The minimum absolute atomic E-state index is 0.0247. The number of nitrogens with one attached hydrogen (secondary N) is 2. The number of ether oxygens (including phenoxy) is 1. The van der Waals surface area contributed by atoms with Gasteiger partial charge in [0.05, 0.1) is 12.8 Å². The molecule has 1 rings (SSSR count). The van der Waals surface area contributed by atoms with Gasteiger partial charge in [-0.05, 0) is 24.3 Å². The topological polar surface area (TPSA) is 88.7 Å². The molecule has 0 saturated carbocycles. The molecular weight excluding hydrogens is 252 g/mol. The van der Waals surface area contributed by atoms with Crippen molar-refractivity contribution in [3.63, 3.8) is 0 Å². The highest BCUT2D eigenvalue weighted by atomic mass is 32.1. The first-order valence-electron chi connectivity index (χ1n) is 5.08. The molecule has 7 heteroatoms. The number of anilines is 1. The zero-order chi connectivity index (χ0) is 13.5. The van der Waals surface area contributed by atoms with Crippen LogP contribution in [0.2, 0.25) is 0 Å². The van der Waals surface area contributed by atoms with Gasteiger partial charge < -0.3 is 15.8 Å². The Morgan fingerprint density at radius 2 is 2.00 bits per heavy atom. The zero-order valence-corrected chi connectivity index (χ0v) is 10.9. The third-order valence-electron chi connectivity index (χ3n) is 2.06. The van der Waals surface area contributed by atoms with Gasteiger partial charge in [0, 0.05) is 7.05 Å². The van der Waals surface area contributed by atoms with Gasteiger partial charge in [0.1, 0.15) is 10.7 Å². The van der Waals surface area contributed by atoms with E-state index in [9.17, 15) is 4.79 Å². The predicted octanol–water partition coefficient (Wildman–Crippen LogP) is 0.495. The van der Waals surface area contributed by atoms with Crippen LogP contribution in [-0.2, 0) is 4.79 Å². The van der Waals surface area contributed by atoms with E-state index in [1.807, 2.05) is 0 Å². The van der Waals surface area contributed by atoms with Gasteiger partial charge in [-0.25, -0.2) is 0 Å². The molecule has 0 radical (unpaired) electrons. The molecule has 1 aromatic rings. The number of amides is 1. The van der Waals surface area contributed by atoms with Crippen LogP contribution in [0.15, 0.2) is 29.4 Å². The summed E-state index contributed by atoms with van der Waals surface area (Å²) in [6.45, 7) is 0. The van der Waals surface area contributed by atoms with Crippen molar-refractivity contribution in [2.24, 2.45) is 10.8 Å². The fourth-order valence-electron chi connectivity index (χ4n) is 1.12. The molecule has 4 N–H and O–H groups in total. The number of carbonyl (C=O) groups excluding carboxylic acids is 1. The van der Waals surface area contributed by atoms with Crippen LogP contribution in [0.1, 0.15) is 0 Å². The molecule has 0 heterocycles. The molecule has 0 spiro atoms. The third kappa shape index (κ3) is 3.70. The van der Waals surface area contributed by atoms with Crippen LogP contribution < -0.4 is 21.2 Å². The number of nitrogens with zero attached hydrogens (tertiary/aromatic N) is 1. The summed E-state index contributed by atoms with van der Waals surface area (Å²) in [7, 11) is 3.06. The van der Waals surface area contributed by atoms with Gasteiger partial charge in [0.15, 0.2) is 5.71 Å². The maximum atomic E-state index is 11.4. The monoisotopic (exact) mass is 266 g/mol. The Morgan fingerprint density at radius 1 is 1.39 bits per heavy atom. The van der Waals surface area contributed by atoms with Crippen LogP contribution in [0.3, 0.4) is 0 Å². The van der Waals surface area contributed by atoms with Crippen LogP contribution in [0, 0.1) is 0 Å². The molecule has 0 aliphatic rings. The van der Waals surface area contributed by atoms with Crippen molar-refractivity contribution in [3.05, 3.63) is 24.3 Å². The van der Waals surface area contributed by atoms with Crippen LogP contribution in [0.4, 0.5) is 5.69 Å². The number of benzene rings is 1. The van der Waals surface area contributed by atoms with E-state index < -0.39 is 5.91 Å². The van der Waals surface area contributed by atoms with Gasteiger partial charge in [0.25, 0.3) is 5.91 Å². The SMILES string of the molecule is CNC(=O)C(=NNc1ccc(OC)cc1)C(N)=S. The molecule has 0 aliphatic heterocycles. The standard InChI is InChI=1S/C11H14N4O2S/c1-13-11(16)9(10(12)18)15-14-7-3-5-8(17-2)6-4-7/h3-6,14H,1-2H3,(H2,12,18)(H,13,16). The summed E-state index contributed by atoms with van der Waals surface area (Å²) < 4.78 is 5.02. The predicted molar refractivity (Wildman–Crippen MR) is 74.9 cm³/mol. The molecule has 0 atom stereocenters. The Kier molecular flexibility index (Phi) is 5.06. The van der Waals surface area contributed by atoms with Gasteiger partial charge in [0.2, 0.25) is 0 Å². The van der Waals surface area contributed by atoms with E-state index in [0.29, 0.717) is 5.69 Å². The average Bonchev–Trinajstić information content (AvgIpc) is 2.39. The second-order valence-corrected chi connectivity index (χ2v) is 3.68. The molecule has 1 aromatic carbocycles. The highest BCUT2D eigenvalue weighted by Gasteiger charge is 2.12. The smallest absolute Gasteiger partial charge is 0.274 e. The Bertz CT molecular complexity index is 470. The second kappa shape index (κ2) is 6.55. The summed E-state index contributed by atoms with van der Waals surface area (Å²) in [5, 5.41) is 6.27. The quantitative estimate of drug-likeness (QED) is 0.410. The summed E-state index contributed by atoms with van der Waals surface area (Å²) in [5.74, 6) is 0.286. The minimum Gasteiger partial charge on any atom is -0.497 e. The van der Waals surface area contributed by atoms with Crippen LogP contribution >= 0.6 is 12.2 Å². The highest BCUT2D eigenvalue weighted by molar-refractivity contribution is 7.82. The number of rotatable bonds is 5. The van der Waals surface area contributed by atoms with Gasteiger partial charge in [-0.3, -0.25) is 10.2 Å². The molecule has 0 bridgehead atoms. The lowest BCUT2D eigenvalue weighted by Gasteiger charge is -2.05. The maximum Gasteiger partial charge on any atom is 0.274 e. The Balaban J connectivity index is 2.81. The largest absolute Gasteiger partial charge is 0.497 e. The molecule has 1 amide bonds. The van der Waals surface area contributed by atoms with E-state index in [1.165, 1.54) is 7.05 Å². The Morgan fingerprint density at radius 3 is 2.44 bits per heavy atom. The number of hydrogen-bond acceptors (Lipinski definition) is 5. The van der Waals surface area contributed by atoms with E-state index in [-0.39, 0.29) is 10.7 Å². The van der Waals surface area contributed by atoms with Gasteiger partial charge in [-0.1, -0.05) is 12.2 Å². The highest BCUT2D eigenvalue weighted by Crippen LogP contribution is 2.14. The second-order valence-electron chi connectivity index (χ2n) is 3.24. The van der Waals surface area contributed by atoms with E-state index >= 15 is 0 Å². The molecule has 0 saturated heterocycles. The molecule has 0 fully saturated rings. The van der Waals surface area contributed by atoms with Crippen LogP contribution in [-0.4, -0.2) is 30.8 Å². The van der Waals surface area contributed by atoms with Crippen LogP contribution in [0.5, 0.6) is 5.75 Å². The maximum absolute atomic E-state index is 11.4. The number of carbonyl (C=O) groups is 1. The molecular formula is C11H14N4O2S. The molecule has 96 valence electrons. The number of methoxy groups -OCH3 is 1. The fourth-order valence-corrected chi connectivity index (χ4v) is 1.26. The van der Waals surface area contributed by atoms with Gasteiger partial charge in [-0.15, -0.1) is 0 Å². The third-order valence-corrected chi connectivity index (χ3v) is 2.26. The summed E-state index contributed by atoms with van der Waals surface area (Å²) >= 11 is 4.74. The molecule has 6 nitrogen and oxygen atoms in total. The molecule has 18 heavy (non-hydrogen) atoms. The van der Waals surface area contributed by atoms with Crippen molar-refractivity contribution >= 4 is 34.5 Å². The lowest BCUT2D eigenvalue weighted by Crippen LogP contribution is -2.37. The molecule has 0 aliphatic carbocycles. The van der Waals surface area contributed by atoms with E-state index in [0.717, 1.165) is 5.75 Å². The van der Waals surface area contributed by atoms with Crippen molar-refractivity contribution in [1.82, 2.24) is 5.32 Å². The van der Waals surface area contributed by atoms with E-state index in [4.69, 9.17) is 22.7 Å². The summed E-state index contributed by atoms with van der Waals surface area (Å²) in [6, 6.07) is 7.03. The fraction of sp³-hybridized carbons (Fsp3) is 0.182. The van der Waals surface area contributed by atoms with Crippen molar-refractivity contribution in [2.45, 2.75) is 0 Å². The normalized spacial score (nSPS) is 10.7. The number of hydrazone groups is 1. The first-order valence-corrected chi connectivity index (χ1v) is 5.49. The minimum atomic E-state index is -0.441. The Labute approximate surface area is 110 Å². The van der Waals surface area contributed by atoms with E-state index in [2.05, 4.69) is 15.8 Å². The first-order chi connectivity index (χ1) is 8.58. The van der Waals surface area contributed by atoms with Crippen molar-refractivity contribution in [3.8, 4) is 5.75 Å². The Hall–Kier alpha value is -2.15. The van der Waals surface area contributed by atoms with Crippen LogP contribution in [0.25, 0.3) is 0 Å². The molecule has 0 unspecified atom stereocenters. The summed E-state index contributed by atoms with van der Waals surface area (Å²) in [6.07, 6.45) is 0. The first kappa shape index (κ1) is 13.9. The lowest BCUT2D eigenvalue weighted by atomic mass is 10.3. The van der Waals surface area contributed by atoms with Gasteiger partial charge >= 0.3 is 0 Å². The number of hydrogen-bond donors (Lipinski definition) is 3. The zero-order valence-electron chi connectivity index (χ0n) is 10.1. The van der Waals surface area contributed by atoms with Crippen molar-refractivity contribution in [2.75, 3.05) is 19.6 Å². The van der Waals surface area contributed by atoms with Crippen molar-refractivity contribution < 1.29 is 9.53 Å². The summed E-state index contributed by atoms with van der Waals surface area (Å²) in [5.41, 5.74) is 8.76.